The number of likely N-dealkylation sites (N-methyl/N-ethyl adjacent to an activating group) is 1. The highest BCUT2D eigenvalue weighted by atomic mass is 32.1. The van der Waals surface area contributed by atoms with E-state index in [9.17, 15) is 22.8 Å². The first-order valence-corrected chi connectivity index (χ1v) is 11.2. The molecule has 3 aromatic rings. The molecule has 0 radical (unpaired) electrons. The highest BCUT2D eigenvalue weighted by molar-refractivity contribution is 7.16. The monoisotopic (exact) mass is 502 g/mol. The zero-order chi connectivity index (χ0) is 25.6. The topological polar surface area (TPSA) is 95.4 Å². The number of pyridine rings is 1. The number of aliphatic hydroxyl groups excluding tert-OH is 1. The number of hydrogen-bond donors (Lipinski definition) is 2. The average Bonchev–Trinajstić information content (AvgIpc) is 3.25. The molecule has 2 heterocycles. The van der Waals surface area contributed by atoms with E-state index in [-0.39, 0.29) is 31.0 Å². The van der Waals surface area contributed by atoms with Crippen LogP contribution in [0.5, 0.6) is 0 Å². The van der Waals surface area contributed by atoms with E-state index >= 15 is 0 Å². The number of alkyl halides is 3. The summed E-state index contributed by atoms with van der Waals surface area (Å²) in [5.74, 6) is 5.54. The van der Waals surface area contributed by atoms with Crippen molar-refractivity contribution in [2.45, 2.75) is 19.5 Å². The van der Waals surface area contributed by atoms with Gasteiger partial charge in [0.15, 0.2) is 10.9 Å². The maximum atomic E-state index is 12.9. The molecule has 0 aliphatic carbocycles. The summed E-state index contributed by atoms with van der Waals surface area (Å²) in [6, 6.07) is 6.22. The number of amides is 2. The van der Waals surface area contributed by atoms with E-state index < -0.39 is 17.8 Å². The lowest BCUT2D eigenvalue weighted by Crippen LogP contribution is -2.33. The van der Waals surface area contributed by atoms with Crippen LogP contribution in [0.4, 0.5) is 23.1 Å². The fraction of sp³-hybridized carbons (Fsp3) is 0.250. The number of hydrogen-bond acceptors (Lipinski definition) is 6. The van der Waals surface area contributed by atoms with Crippen molar-refractivity contribution in [1.82, 2.24) is 14.9 Å². The quantitative estimate of drug-likeness (QED) is 0.390. The third kappa shape index (κ3) is 7.11. The van der Waals surface area contributed by atoms with Gasteiger partial charge in [0.05, 0.1) is 29.7 Å². The molecule has 2 N–H and O–H groups in total. The largest absolute Gasteiger partial charge is 0.416 e. The Bertz CT molecular complexity index is 1290. The molecular formula is C24H21F3N4O3S. The molecule has 0 saturated heterocycles. The average molecular weight is 503 g/mol. The molecule has 0 atom stereocenters. The number of Topliss-reactive ketones (excluding diaryl/α,β-unsaturated/α-hetero) is 1. The predicted molar refractivity (Wildman–Crippen MR) is 125 cm³/mol. The number of aromatic nitrogens is 2. The van der Waals surface area contributed by atoms with Crippen LogP contribution >= 0.6 is 11.3 Å². The highest BCUT2D eigenvalue weighted by Crippen LogP contribution is 2.29. The second-order valence-corrected chi connectivity index (χ2v) is 8.55. The number of aryl methyl sites for hydroxylation is 1. The second kappa shape index (κ2) is 11.1. The Hall–Kier alpha value is -3.75. The van der Waals surface area contributed by atoms with E-state index in [0.29, 0.717) is 21.1 Å². The van der Waals surface area contributed by atoms with Crippen LogP contribution in [-0.2, 0) is 12.6 Å². The normalized spacial score (nSPS) is 10.9. The minimum atomic E-state index is -4.51. The Labute approximate surface area is 203 Å². The number of carbonyl (C=O) groups is 2. The number of anilines is 1. The standard InChI is InChI=1S/C24H21F3N4O3S/c1-15-3-4-17(21(33)13-19-12-18(7-8-28-19)24(25,26)27)11-16(15)5-6-20-14-29-22(35-20)30-23(34)31(2)9-10-32/h3-4,7-8,11-12,14,32H,9-10,13H2,1-2H3,(H,29,30,34). The van der Waals surface area contributed by atoms with Crippen molar-refractivity contribution in [3.63, 3.8) is 0 Å². The number of urea groups is 1. The maximum Gasteiger partial charge on any atom is 0.416 e. The molecule has 0 aliphatic rings. The summed E-state index contributed by atoms with van der Waals surface area (Å²) in [4.78, 5) is 34.5. The summed E-state index contributed by atoms with van der Waals surface area (Å²) in [5, 5.41) is 11.9. The minimum Gasteiger partial charge on any atom is -0.395 e. The fourth-order valence-corrected chi connectivity index (χ4v) is 3.56. The van der Waals surface area contributed by atoms with Gasteiger partial charge in [-0.1, -0.05) is 29.4 Å². The summed E-state index contributed by atoms with van der Waals surface area (Å²) in [6.07, 6.45) is -2.25. The Kier molecular flexibility index (Phi) is 8.22. The number of nitrogens with zero attached hydrogens (tertiary/aromatic N) is 3. The van der Waals surface area contributed by atoms with E-state index in [4.69, 9.17) is 5.11 Å². The first kappa shape index (κ1) is 25.9. The maximum absolute atomic E-state index is 12.9. The predicted octanol–water partition coefficient (Wildman–Crippen LogP) is 4.15. The number of halogens is 3. The van der Waals surface area contributed by atoms with Crippen LogP contribution in [0.3, 0.4) is 0 Å². The van der Waals surface area contributed by atoms with Gasteiger partial charge in [0.25, 0.3) is 0 Å². The Balaban J connectivity index is 1.73. The van der Waals surface area contributed by atoms with Crippen molar-refractivity contribution in [3.05, 3.63) is 75.6 Å². The molecular weight excluding hydrogens is 481 g/mol. The molecule has 3 rings (SSSR count). The van der Waals surface area contributed by atoms with E-state index in [1.807, 2.05) is 6.92 Å². The third-order valence-corrected chi connectivity index (χ3v) is 5.70. The lowest BCUT2D eigenvalue weighted by atomic mass is 10.00. The minimum absolute atomic E-state index is 0.0295. The van der Waals surface area contributed by atoms with Gasteiger partial charge in [-0.15, -0.1) is 0 Å². The SMILES string of the molecule is Cc1ccc(C(=O)Cc2cc(C(F)(F)F)ccn2)cc1C#Cc1cnc(NC(=O)N(C)CCO)s1. The van der Waals surface area contributed by atoms with Gasteiger partial charge in [-0.25, -0.2) is 9.78 Å². The molecule has 0 fully saturated rings. The van der Waals surface area contributed by atoms with Crippen molar-refractivity contribution in [3.8, 4) is 11.8 Å². The molecule has 2 amide bonds. The van der Waals surface area contributed by atoms with E-state index in [2.05, 4.69) is 27.1 Å². The van der Waals surface area contributed by atoms with Crippen LogP contribution in [-0.4, -0.2) is 52.0 Å². The van der Waals surface area contributed by atoms with Crippen molar-refractivity contribution < 1.29 is 27.9 Å². The van der Waals surface area contributed by atoms with Crippen LogP contribution in [0.1, 0.15) is 37.6 Å². The number of carbonyl (C=O) groups excluding carboxylic acids is 2. The summed E-state index contributed by atoms with van der Waals surface area (Å²) in [6.45, 7) is 1.85. The second-order valence-electron chi connectivity index (χ2n) is 7.52. The molecule has 35 heavy (non-hydrogen) atoms. The molecule has 11 heteroatoms. The van der Waals surface area contributed by atoms with Gasteiger partial charge in [-0.3, -0.25) is 15.1 Å². The van der Waals surface area contributed by atoms with Gasteiger partial charge < -0.3 is 10.0 Å². The van der Waals surface area contributed by atoms with E-state index in [1.165, 1.54) is 11.1 Å². The molecule has 1 aromatic carbocycles. The molecule has 0 unspecified atom stereocenters. The zero-order valence-corrected chi connectivity index (χ0v) is 19.6. The third-order valence-electron chi connectivity index (χ3n) is 4.87. The molecule has 0 aliphatic heterocycles. The Morgan fingerprint density at radius 2 is 1.94 bits per heavy atom. The number of aliphatic hydroxyl groups is 1. The van der Waals surface area contributed by atoms with Crippen LogP contribution in [0.2, 0.25) is 0 Å². The van der Waals surface area contributed by atoms with Gasteiger partial charge in [0.2, 0.25) is 0 Å². The molecule has 2 aromatic heterocycles. The summed E-state index contributed by atoms with van der Waals surface area (Å²) in [7, 11) is 1.54. The molecule has 0 bridgehead atoms. The molecule has 182 valence electrons. The zero-order valence-electron chi connectivity index (χ0n) is 18.8. The Morgan fingerprint density at radius 1 is 1.17 bits per heavy atom. The van der Waals surface area contributed by atoms with Gasteiger partial charge in [-0.05, 0) is 36.6 Å². The van der Waals surface area contributed by atoms with E-state index in [0.717, 1.165) is 35.2 Å². The van der Waals surface area contributed by atoms with Crippen molar-refractivity contribution >= 4 is 28.3 Å². The molecule has 0 saturated carbocycles. The van der Waals surface area contributed by atoms with Crippen molar-refractivity contribution in [1.29, 1.82) is 0 Å². The number of ketones is 1. The van der Waals surface area contributed by atoms with Gasteiger partial charge >= 0.3 is 12.2 Å². The lowest BCUT2D eigenvalue weighted by molar-refractivity contribution is -0.137. The molecule has 7 nitrogen and oxygen atoms in total. The Morgan fingerprint density at radius 3 is 2.66 bits per heavy atom. The highest BCUT2D eigenvalue weighted by Gasteiger charge is 2.30. The number of thiazole rings is 1. The van der Waals surface area contributed by atoms with E-state index in [1.54, 1.807) is 25.2 Å². The van der Waals surface area contributed by atoms with Crippen LogP contribution in [0.15, 0.2) is 42.7 Å². The number of rotatable bonds is 6. The summed E-state index contributed by atoms with van der Waals surface area (Å²) in [5.41, 5.74) is 0.876. The van der Waals surface area contributed by atoms with Gasteiger partial charge in [0, 0.05) is 36.6 Å². The fourth-order valence-electron chi connectivity index (χ4n) is 2.90. The first-order valence-electron chi connectivity index (χ1n) is 10.3. The van der Waals surface area contributed by atoms with Crippen LogP contribution in [0.25, 0.3) is 0 Å². The van der Waals surface area contributed by atoms with Crippen molar-refractivity contribution in [2.24, 2.45) is 0 Å². The first-order chi connectivity index (χ1) is 16.6. The smallest absolute Gasteiger partial charge is 0.395 e. The number of benzene rings is 1. The van der Waals surface area contributed by atoms with Gasteiger partial charge in [0.1, 0.15) is 0 Å². The van der Waals surface area contributed by atoms with Gasteiger partial charge in [-0.2, -0.15) is 13.2 Å². The summed E-state index contributed by atoms with van der Waals surface area (Å²) < 4.78 is 38.8. The van der Waals surface area contributed by atoms with Crippen LogP contribution < -0.4 is 5.32 Å². The van der Waals surface area contributed by atoms with Crippen molar-refractivity contribution in [2.75, 3.05) is 25.5 Å². The number of nitrogens with one attached hydrogen (secondary N) is 1. The lowest BCUT2D eigenvalue weighted by Gasteiger charge is -2.14. The molecule has 0 spiro atoms. The van der Waals surface area contributed by atoms with Crippen LogP contribution in [0, 0.1) is 18.8 Å². The summed E-state index contributed by atoms with van der Waals surface area (Å²) >= 11 is 1.16.